The molecule has 19 heavy (non-hydrogen) atoms. The molecule has 0 aliphatic carbocycles. The van der Waals surface area contributed by atoms with Crippen LogP contribution in [0, 0.1) is 12.7 Å². The van der Waals surface area contributed by atoms with Crippen molar-refractivity contribution in [3.8, 4) is 11.5 Å². The molecule has 0 aromatic heterocycles. The number of phenols is 2. The maximum atomic E-state index is 13.6. The van der Waals surface area contributed by atoms with E-state index in [2.05, 4.69) is 5.32 Å². The Morgan fingerprint density at radius 2 is 1.95 bits per heavy atom. The molecule has 0 atom stereocenters. The van der Waals surface area contributed by atoms with Crippen molar-refractivity contribution in [1.29, 1.82) is 0 Å². The van der Waals surface area contributed by atoms with E-state index in [-0.39, 0.29) is 22.7 Å². The molecule has 4 nitrogen and oxygen atoms in total. The molecule has 2 aromatic carbocycles. The summed E-state index contributed by atoms with van der Waals surface area (Å²) >= 11 is 0. The van der Waals surface area contributed by atoms with Crippen LogP contribution < -0.4 is 5.32 Å². The minimum atomic E-state index is -0.693. The molecule has 0 unspecified atom stereocenters. The number of hydrogen-bond acceptors (Lipinski definition) is 3. The first-order valence-corrected chi connectivity index (χ1v) is 5.57. The zero-order valence-electron chi connectivity index (χ0n) is 10.1. The van der Waals surface area contributed by atoms with Crippen molar-refractivity contribution in [3.63, 3.8) is 0 Å². The van der Waals surface area contributed by atoms with Gasteiger partial charge in [-0.1, -0.05) is 12.1 Å². The van der Waals surface area contributed by atoms with Gasteiger partial charge < -0.3 is 15.5 Å². The molecule has 0 spiro atoms. The van der Waals surface area contributed by atoms with E-state index in [4.69, 9.17) is 0 Å². The second-order valence-corrected chi connectivity index (χ2v) is 4.09. The Kier molecular flexibility index (Phi) is 3.37. The maximum absolute atomic E-state index is 13.6. The lowest BCUT2D eigenvalue weighted by Crippen LogP contribution is -2.14. The summed E-state index contributed by atoms with van der Waals surface area (Å²) in [6.07, 6.45) is 0. The van der Waals surface area contributed by atoms with Crippen LogP contribution in [0.3, 0.4) is 0 Å². The standard InChI is InChI=1S/C14H12FNO3/c1-8-3-2-4-11(15)13(8)16-14(19)10-7-9(17)5-6-12(10)18/h2-7,17-18H,1H3,(H,16,19). The molecular weight excluding hydrogens is 249 g/mol. The average Bonchev–Trinajstić information content (AvgIpc) is 2.37. The first-order valence-electron chi connectivity index (χ1n) is 5.57. The minimum Gasteiger partial charge on any atom is -0.508 e. The van der Waals surface area contributed by atoms with Crippen LogP contribution in [0.1, 0.15) is 15.9 Å². The molecule has 0 radical (unpaired) electrons. The quantitative estimate of drug-likeness (QED) is 0.728. The van der Waals surface area contributed by atoms with Gasteiger partial charge in [-0.2, -0.15) is 0 Å². The highest BCUT2D eigenvalue weighted by molar-refractivity contribution is 6.06. The lowest BCUT2D eigenvalue weighted by atomic mass is 10.1. The zero-order chi connectivity index (χ0) is 14.0. The van der Waals surface area contributed by atoms with E-state index >= 15 is 0 Å². The van der Waals surface area contributed by atoms with E-state index in [0.717, 1.165) is 6.07 Å². The van der Waals surface area contributed by atoms with E-state index in [0.29, 0.717) is 5.56 Å². The predicted octanol–water partition coefficient (Wildman–Crippen LogP) is 2.80. The first-order chi connectivity index (χ1) is 8.99. The smallest absolute Gasteiger partial charge is 0.259 e. The third-order valence-corrected chi connectivity index (χ3v) is 2.69. The van der Waals surface area contributed by atoms with E-state index in [1.165, 1.54) is 24.3 Å². The van der Waals surface area contributed by atoms with Crippen molar-refractivity contribution in [2.75, 3.05) is 5.32 Å². The minimum absolute atomic E-state index is 0.0512. The van der Waals surface area contributed by atoms with Crippen molar-refractivity contribution in [1.82, 2.24) is 0 Å². The van der Waals surface area contributed by atoms with Crippen LogP contribution in [0.5, 0.6) is 11.5 Å². The number of amides is 1. The zero-order valence-corrected chi connectivity index (χ0v) is 10.1. The van der Waals surface area contributed by atoms with Gasteiger partial charge in [0.25, 0.3) is 5.91 Å². The number of phenolic OH excluding ortho intramolecular Hbond substituents is 2. The van der Waals surface area contributed by atoms with Crippen LogP contribution in [0.2, 0.25) is 0 Å². The number of carbonyl (C=O) groups excluding carboxylic acids is 1. The van der Waals surface area contributed by atoms with Gasteiger partial charge in [0.1, 0.15) is 17.3 Å². The summed E-state index contributed by atoms with van der Waals surface area (Å²) in [7, 11) is 0. The highest BCUT2D eigenvalue weighted by Gasteiger charge is 2.15. The Morgan fingerprint density at radius 1 is 1.21 bits per heavy atom. The number of hydrogen-bond donors (Lipinski definition) is 3. The fourth-order valence-electron chi connectivity index (χ4n) is 1.68. The van der Waals surface area contributed by atoms with Crippen molar-refractivity contribution in [2.45, 2.75) is 6.92 Å². The number of aromatic hydroxyl groups is 2. The number of anilines is 1. The van der Waals surface area contributed by atoms with Crippen molar-refractivity contribution < 1.29 is 19.4 Å². The van der Waals surface area contributed by atoms with E-state index in [1.54, 1.807) is 13.0 Å². The molecule has 0 bridgehead atoms. The maximum Gasteiger partial charge on any atom is 0.259 e. The molecule has 0 heterocycles. The highest BCUT2D eigenvalue weighted by Crippen LogP contribution is 2.25. The summed E-state index contributed by atoms with van der Waals surface area (Å²) in [5, 5.41) is 21.2. The average molecular weight is 261 g/mol. The Labute approximate surface area is 109 Å². The van der Waals surface area contributed by atoms with Gasteiger partial charge in [-0.15, -0.1) is 0 Å². The molecular formula is C14H12FNO3. The third-order valence-electron chi connectivity index (χ3n) is 2.69. The topological polar surface area (TPSA) is 69.6 Å². The lowest BCUT2D eigenvalue weighted by molar-refractivity contribution is 0.102. The molecule has 0 saturated carbocycles. The van der Waals surface area contributed by atoms with Crippen LogP contribution in [0.4, 0.5) is 10.1 Å². The normalized spacial score (nSPS) is 10.2. The first kappa shape index (κ1) is 12.9. The van der Waals surface area contributed by atoms with Gasteiger partial charge in [0.15, 0.2) is 0 Å². The highest BCUT2D eigenvalue weighted by atomic mass is 19.1. The molecule has 0 saturated heterocycles. The summed E-state index contributed by atoms with van der Waals surface area (Å²) in [5.41, 5.74) is 0.492. The SMILES string of the molecule is Cc1cccc(F)c1NC(=O)c1cc(O)ccc1O. The van der Waals surface area contributed by atoms with Crippen LogP contribution in [0.25, 0.3) is 0 Å². The Bertz CT molecular complexity index is 620. The fraction of sp³-hybridized carbons (Fsp3) is 0.0714. The molecule has 2 rings (SSSR count). The summed E-state index contributed by atoms with van der Waals surface area (Å²) in [6, 6.07) is 7.97. The molecule has 5 heteroatoms. The molecule has 98 valence electrons. The predicted molar refractivity (Wildman–Crippen MR) is 68.9 cm³/mol. The van der Waals surface area contributed by atoms with Crippen LogP contribution in [-0.2, 0) is 0 Å². The van der Waals surface area contributed by atoms with Gasteiger partial charge in [-0.3, -0.25) is 4.79 Å². The molecule has 2 aromatic rings. The number of aryl methyl sites for hydroxylation is 1. The number of benzene rings is 2. The lowest BCUT2D eigenvalue weighted by Gasteiger charge is -2.10. The third kappa shape index (κ3) is 2.65. The Hall–Kier alpha value is -2.56. The number of rotatable bonds is 2. The molecule has 3 N–H and O–H groups in total. The monoisotopic (exact) mass is 261 g/mol. The second-order valence-electron chi connectivity index (χ2n) is 4.09. The summed E-state index contributed by atoms with van der Waals surface area (Å²) in [4.78, 5) is 11.9. The van der Waals surface area contributed by atoms with Gasteiger partial charge in [-0.25, -0.2) is 4.39 Å². The van der Waals surface area contributed by atoms with Crippen LogP contribution in [0.15, 0.2) is 36.4 Å². The Balaban J connectivity index is 2.34. The van der Waals surface area contributed by atoms with Crippen LogP contribution >= 0.6 is 0 Å². The summed E-state index contributed by atoms with van der Waals surface area (Å²) < 4.78 is 13.6. The van der Waals surface area contributed by atoms with Gasteiger partial charge >= 0.3 is 0 Å². The number of nitrogens with one attached hydrogen (secondary N) is 1. The largest absolute Gasteiger partial charge is 0.508 e. The molecule has 0 fully saturated rings. The number of carbonyl (C=O) groups is 1. The second kappa shape index (κ2) is 4.97. The summed E-state index contributed by atoms with van der Waals surface area (Å²) in [5.74, 6) is -1.70. The van der Waals surface area contributed by atoms with Gasteiger partial charge in [0, 0.05) is 0 Å². The van der Waals surface area contributed by atoms with Gasteiger partial charge in [0.05, 0.1) is 11.3 Å². The van der Waals surface area contributed by atoms with Crippen molar-refractivity contribution >= 4 is 11.6 Å². The van der Waals surface area contributed by atoms with Crippen LogP contribution in [-0.4, -0.2) is 16.1 Å². The van der Waals surface area contributed by atoms with Crippen molar-refractivity contribution in [2.24, 2.45) is 0 Å². The summed E-state index contributed by atoms with van der Waals surface area (Å²) in [6.45, 7) is 1.65. The van der Waals surface area contributed by atoms with Gasteiger partial charge in [0.2, 0.25) is 0 Å². The van der Waals surface area contributed by atoms with E-state index < -0.39 is 11.7 Å². The van der Waals surface area contributed by atoms with E-state index in [1.807, 2.05) is 0 Å². The van der Waals surface area contributed by atoms with Gasteiger partial charge in [-0.05, 0) is 36.8 Å². The molecule has 0 aliphatic rings. The molecule has 0 aliphatic heterocycles. The van der Waals surface area contributed by atoms with Crippen molar-refractivity contribution in [3.05, 3.63) is 53.3 Å². The van der Waals surface area contributed by atoms with E-state index in [9.17, 15) is 19.4 Å². The molecule has 1 amide bonds. The fourth-order valence-corrected chi connectivity index (χ4v) is 1.68. The number of halogens is 1. The number of para-hydroxylation sites is 1. The Morgan fingerprint density at radius 3 is 2.63 bits per heavy atom.